The van der Waals surface area contributed by atoms with Gasteiger partial charge < -0.3 is 5.73 Å². The van der Waals surface area contributed by atoms with E-state index in [4.69, 9.17) is 17.3 Å². The molecule has 1 saturated heterocycles. The van der Waals surface area contributed by atoms with Gasteiger partial charge in [-0.05, 0) is 17.0 Å². The molecule has 100 valence electrons. The third kappa shape index (κ3) is 2.84. The summed E-state index contributed by atoms with van der Waals surface area (Å²) < 4.78 is 0. The second-order valence-corrected chi connectivity index (χ2v) is 6.47. The van der Waals surface area contributed by atoms with E-state index in [0.717, 1.165) is 24.7 Å². The largest absolute Gasteiger partial charge is 0.326 e. The molecule has 0 saturated carbocycles. The predicted molar refractivity (Wildman–Crippen MR) is 81.8 cm³/mol. The summed E-state index contributed by atoms with van der Waals surface area (Å²) in [6.45, 7) is 2.86. The van der Waals surface area contributed by atoms with Gasteiger partial charge in [0.25, 0.3) is 0 Å². The van der Waals surface area contributed by atoms with Gasteiger partial charge in [-0.2, -0.15) is 0 Å². The topological polar surface area (TPSA) is 29.3 Å². The third-order valence-electron chi connectivity index (χ3n) is 3.73. The molecule has 3 rings (SSSR count). The van der Waals surface area contributed by atoms with Gasteiger partial charge in [-0.3, -0.25) is 4.90 Å². The number of benzene rings is 1. The average Bonchev–Trinajstić information content (AvgIpc) is 2.98. The van der Waals surface area contributed by atoms with E-state index in [1.807, 2.05) is 17.5 Å². The first-order chi connectivity index (χ1) is 9.24. The highest BCUT2D eigenvalue weighted by atomic mass is 35.5. The average molecular weight is 293 g/mol. The zero-order valence-corrected chi connectivity index (χ0v) is 12.2. The molecule has 1 fully saturated rings. The number of rotatable bonds is 3. The molecule has 2 heterocycles. The van der Waals surface area contributed by atoms with E-state index in [0.29, 0.717) is 5.92 Å². The molecule has 2 N–H and O–H groups in total. The summed E-state index contributed by atoms with van der Waals surface area (Å²) in [5, 5.41) is 2.92. The molecular formula is C15H17ClN2S. The van der Waals surface area contributed by atoms with Gasteiger partial charge in [0.1, 0.15) is 0 Å². The highest BCUT2D eigenvalue weighted by Gasteiger charge is 2.31. The van der Waals surface area contributed by atoms with Crippen LogP contribution in [0.4, 0.5) is 0 Å². The van der Waals surface area contributed by atoms with Crippen LogP contribution in [0, 0.1) is 0 Å². The molecule has 0 spiro atoms. The number of halogens is 1. The van der Waals surface area contributed by atoms with Crippen LogP contribution in [-0.4, -0.2) is 24.0 Å². The molecule has 0 unspecified atom stereocenters. The smallest absolute Gasteiger partial charge is 0.0558 e. The van der Waals surface area contributed by atoms with Crippen molar-refractivity contribution >= 4 is 22.9 Å². The van der Waals surface area contributed by atoms with Crippen LogP contribution in [0.15, 0.2) is 41.8 Å². The van der Waals surface area contributed by atoms with E-state index in [1.165, 1.54) is 10.4 Å². The summed E-state index contributed by atoms with van der Waals surface area (Å²) in [6.07, 6.45) is 0. The quantitative estimate of drug-likeness (QED) is 0.940. The second kappa shape index (κ2) is 5.63. The number of hydrogen-bond acceptors (Lipinski definition) is 3. The van der Waals surface area contributed by atoms with E-state index < -0.39 is 0 Å². The van der Waals surface area contributed by atoms with E-state index in [-0.39, 0.29) is 6.04 Å². The Balaban J connectivity index is 1.70. The molecule has 0 radical (unpaired) electrons. The molecule has 0 aliphatic carbocycles. The molecule has 1 aromatic heterocycles. The second-order valence-electron chi connectivity index (χ2n) is 5.07. The van der Waals surface area contributed by atoms with Crippen LogP contribution in [0.3, 0.4) is 0 Å². The Labute approximate surface area is 122 Å². The van der Waals surface area contributed by atoms with Crippen molar-refractivity contribution < 1.29 is 0 Å². The Kier molecular flexibility index (Phi) is 3.89. The van der Waals surface area contributed by atoms with E-state index in [1.54, 1.807) is 11.3 Å². The zero-order valence-electron chi connectivity index (χ0n) is 10.6. The summed E-state index contributed by atoms with van der Waals surface area (Å²) in [5.41, 5.74) is 7.64. The first kappa shape index (κ1) is 13.1. The highest BCUT2D eigenvalue weighted by Crippen LogP contribution is 2.30. The molecule has 1 aliphatic rings. The minimum Gasteiger partial charge on any atom is -0.326 e. The molecule has 0 amide bonds. The monoisotopic (exact) mass is 292 g/mol. The first-order valence-corrected chi connectivity index (χ1v) is 7.74. The zero-order chi connectivity index (χ0) is 13.2. The molecule has 19 heavy (non-hydrogen) atoms. The lowest BCUT2D eigenvalue weighted by Gasteiger charge is -2.15. The fourth-order valence-electron chi connectivity index (χ4n) is 2.74. The lowest BCUT2D eigenvalue weighted by atomic mass is 9.95. The van der Waals surface area contributed by atoms with Crippen molar-refractivity contribution in [3.8, 4) is 0 Å². The summed E-state index contributed by atoms with van der Waals surface area (Å²) in [6, 6.07) is 12.7. The Bertz CT molecular complexity index is 540. The summed E-state index contributed by atoms with van der Waals surface area (Å²) in [5.74, 6) is 0.430. The summed E-state index contributed by atoms with van der Waals surface area (Å²) in [4.78, 5) is 3.64. The normalized spacial score (nSPS) is 23.9. The van der Waals surface area contributed by atoms with Gasteiger partial charge in [0.05, 0.1) is 5.02 Å². The molecule has 1 aliphatic heterocycles. The molecule has 0 bridgehead atoms. The van der Waals surface area contributed by atoms with Gasteiger partial charge in [-0.1, -0.05) is 41.9 Å². The minimum absolute atomic E-state index is 0.209. The fourth-order valence-corrected chi connectivity index (χ4v) is 3.87. The number of thiophene rings is 1. The van der Waals surface area contributed by atoms with Gasteiger partial charge in [-0.25, -0.2) is 0 Å². The van der Waals surface area contributed by atoms with Crippen LogP contribution in [0.1, 0.15) is 16.4 Å². The van der Waals surface area contributed by atoms with E-state index in [9.17, 15) is 0 Å². The maximum atomic E-state index is 6.30. The summed E-state index contributed by atoms with van der Waals surface area (Å²) in [7, 11) is 0. The van der Waals surface area contributed by atoms with Crippen LogP contribution >= 0.6 is 22.9 Å². The number of likely N-dealkylation sites (tertiary alicyclic amines) is 1. The van der Waals surface area contributed by atoms with Crippen LogP contribution in [0.5, 0.6) is 0 Å². The molecule has 2 nitrogen and oxygen atoms in total. The summed E-state index contributed by atoms with van der Waals surface area (Å²) >= 11 is 7.88. The molecule has 2 aromatic rings. The minimum atomic E-state index is 0.209. The molecular weight excluding hydrogens is 276 g/mol. The maximum absolute atomic E-state index is 6.30. The van der Waals surface area contributed by atoms with Crippen molar-refractivity contribution in [3.63, 3.8) is 0 Å². The van der Waals surface area contributed by atoms with Crippen LogP contribution in [0.25, 0.3) is 0 Å². The van der Waals surface area contributed by atoms with Crippen molar-refractivity contribution in [3.05, 3.63) is 57.2 Å². The van der Waals surface area contributed by atoms with Crippen molar-refractivity contribution in [2.45, 2.75) is 18.5 Å². The predicted octanol–water partition coefficient (Wildman–Crippen LogP) is 3.33. The third-order valence-corrected chi connectivity index (χ3v) is 5.10. The standard InChI is InChI=1S/C15H17ClN2S/c16-13-6-7-19-15(13)10-18-8-12(14(17)9-18)11-4-2-1-3-5-11/h1-7,12,14H,8-10,17H2/t12-,14+/m0/s1. The van der Waals surface area contributed by atoms with E-state index >= 15 is 0 Å². The van der Waals surface area contributed by atoms with Crippen molar-refractivity contribution in [1.29, 1.82) is 0 Å². The SMILES string of the molecule is N[C@@H]1CN(Cc2sccc2Cl)C[C@H]1c1ccccc1. The highest BCUT2D eigenvalue weighted by molar-refractivity contribution is 7.10. The Morgan fingerprint density at radius 1 is 1.21 bits per heavy atom. The van der Waals surface area contributed by atoms with E-state index in [2.05, 4.69) is 29.2 Å². The Morgan fingerprint density at radius 3 is 2.68 bits per heavy atom. The van der Waals surface area contributed by atoms with Gasteiger partial charge in [0.2, 0.25) is 0 Å². The first-order valence-electron chi connectivity index (χ1n) is 6.49. The van der Waals surface area contributed by atoms with Crippen molar-refractivity contribution in [2.24, 2.45) is 5.73 Å². The van der Waals surface area contributed by atoms with Crippen molar-refractivity contribution in [2.75, 3.05) is 13.1 Å². The number of nitrogens with zero attached hydrogens (tertiary/aromatic N) is 1. The van der Waals surface area contributed by atoms with Gasteiger partial charge >= 0.3 is 0 Å². The van der Waals surface area contributed by atoms with Gasteiger partial charge in [-0.15, -0.1) is 11.3 Å². The Morgan fingerprint density at radius 2 is 2.00 bits per heavy atom. The lowest BCUT2D eigenvalue weighted by molar-refractivity contribution is 0.327. The van der Waals surface area contributed by atoms with Crippen LogP contribution < -0.4 is 5.73 Å². The molecule has 1 aromatic carbocycles. The number of nitrogens with two attached hydrogens (primary N) is 1. The van der Waals surface area contributed by atoms with Crippen LogP contribution in [-0.2, 0) is 6.54 Å². The fraction of sp³-hybridized carbons (Fsp3) is 0.333. The maximum Gasteiger partial charge on any atom is 0.0558 e. The van der Waals surface area contributed by atoms with Gasteiger partial charge in [0.15, 0.2) is 0 Å². The molecule has 2 atom stereocenters. The Hall–Kier alpha value is -0.870. The van der Waals surface area contributed by atoms with Crippen LogP contribution in [0.2, 0.25) is 5.02 Å². The van der Waals surface area contributed by atoms with Gasteiger partial charge in [0, 0.05) is 36.5 Å². The van der Waals surface area contributed by atoms with Crippen molar-refractivity contribution in [1.82, 2.24) is 4.90 Å². The lowest BCUT2D eigenvalue weighted by Crippen LogP contribution is -2.28. The number of hydrogen-bond donors (Lipinski definition) is 1. The molecule has 4 heteroatoms.